The molecule has 27 heavy (non-hydrogen) atoms. The highest BCUT2D eigenvalue weighted by Gasteiger charge is 2.72. The number of carbonyl (C=O) groups is 1. The van der Waals surface area contributed by atoms with Gasteiger partial charge in [0.05, 0.1) is 20.7 Å². The van der Waals surface area contributed by atoms with E-state index in [1.165, 1.54) is 0 Å². The first-order valence-corrected chi connectivity index (χ1v) is 10.3. The lowest BCUT2D eigenvalue weighted by molar-refractivity contribution is -0.152. The molecule has 2 aliphatic heterocycles. The Hall–Kier alpha value is -1.57. The van der Waals surface area contributed by atoms with Gasteiger partial charge in [-0.1, -0.05) is 48.0 Å². The topological polar surface area (TPSA) is 66.6 Å². The SMILES string of the molecule is Cc1onc(-c2ccc(Cl)cc2)c1[C@@]1(C(=O)O)N2C(=S)[C@@H](C)[C@H]2SC1(C)C. The summed E-state index contributed by atoms with van der Waals surface area (Å²) >= 11 is 13.2. The molecule has 1 aromatic heterocycles. The van der Waals surface area contributed by atoms with E-state index in [0.717, 1.165) is 5.56 Å². The van der Waals surface area contributed by atoms with Crippen molar-refractivity contribution in [1.29, 1.82) is 0 Å². The first kappa shape index (κ1) is 18.8. The van der Waals surface area contributed by atoms with Crippen molar-refractivity contribution in [2.45, 2.75) is 43.4 Å². The van der Waals surface area contributed by atoms with Gasteiger partial charge in [-0.2, -0.15) is 0 Å². The van der Waals surface area contributed by atoms with Gasteiger partial charge < -0.3 is 14.5 Å². The summed E-state index contributed by atoms with van der Waals surface area (Å²) in [5.74, 6) is -0.304. The zero-order valence-corrected chi connectivity index (χ0v) is 17.7. The highest BCUT2D eigenvalue weighted by molar-refractivity contribution is 8.01. The average molecular weight is 423 g/mol. The van der Waals surface area contributed by atoms with Crippen LogP contribution >= 0.6 is 35.6 Å². The molecule has 2 saturated heterocycles. The van der Waals surface area contributed by atoms with Crippen LogP contribution in [0.2, 0.25) is 5.02 Å². The molecule has 3 atom stereocenters. The predicted octanol–water partition coefficient (Wildman–Crippen LogP) is 4.71. The van der Waals surface area contributed by atoms with Gasteiger partial charge in [0.15, 0.2) is 5.54 Å². The third-order valence-electron chi connectivity index (χ3n) is 5.61. The number of thiocarbonyl (C=S) groups is 1. The maximum Gasteiger partial charge on any atom is 0.336 e. The van der Waals surface area contributed by atoms with E-state index < -0.39 is 16.3 Å². The molecule has 142 valence electrons. The maximum atomic E-state index is 12.9. The van der Waals surface area contributed by atoms with Gasteiger partial charge in [0.2, 0.25) is 0 Å². The molecular weight excluding hydrogens is 404 g/mol. The number of hydrogen-bond acceptors (Lipinski definition) is 5. The van der Waals surface area contributed by atoms with Crippen LogP contribution in [0.5, 0.6) is 0 Å². The lowest BCUT2D eigenvalue weighted by atomic mass is 9.73. The van der Waals surface area contributed by atoms with Gasteiger partial charge in [-0.3, -0.25) is 0 Å². The number of benzene rings is 1. The van der Waals surface area contributed by atoms with Gasteiger partial charge in [0.25, 0.3) is 0 Å². The van der Waals surface area contributed by atoms with Gasteiger partial charge in [-0.05, 0) is 32.9 Å². The number of nitrogens with zero attached hydrogens (tertiary/aromatic N) is 2. The van der Waals surface area contributed by atoms with Gasteiger partial charge in [0.1, 0.15) is 11.5 Å². The standard InChI is InChI=1S/C19H19ClN2O3S2/c1-9-15(26)22-16(9)27-18(3,4)19(22,17(23)24)13-10(2)25-21-14(13)11-5-7-12(20)8-6-11/h5-9,16H,1-4H3,(H,23,24)/t9-,16-,19+/m1/s1. The first-order chi connectivity index (χ1) is 12.6. The Morgan fingerprint density at radius 3 is 2.59 bits per heavy atom. The summed E-state index contributed by atoms with van der Waals surface area (Å²) in [6.07, 6.45) is 0. The van der Waals surface area contributed by atoms with E-state index in [-0.39, 0.29) is 11.3 Å². The summed E-state index contributed by atoms with van der Waals surface area (Å²) < 4.78 is 4.86. The first-order valence-electron chi connectivity index (χ1n) is 8.60. The molecule has 2 fully saturated rings. The van der Waals surface area contributed by atoms with E-state index in [9.17, 15) is 9.90 Å². The van der Waals surface area contributed by atoms with Crippen molar-refractivity contribution in [2.24, 2.45) is 5.92 Å². The fourth-order valence-electron chi connectivity index (χ4n) is 4.29. The van der Waals surface area contributed by atoms with Crippen molar-refractivity contribution in [3.05, 3.63) is 40.6 Å². The average Bonchev–Trinajstić information content (AvgIpc) is 3.09. The molecular formula is C19H19ClN2O3S2. The molecule has 8 heteroatoms. The second kappa shape index (κ2) is 5.96. The van der Waals surface area contributed by atoms with Crippen LogP contribution in [-0.2, 0) is 10.3 Å². The van der Waals surface area contributed by atoms with Crippen molar-refractivity contribution in [3.63, 3.8) is 0 Å². The van der Waals surface area contributed by atoms with Gasteiger partial charge in [-0.15, -0.1) is 11.8 Å². The number of aryl methyl sites for hydroxylation is 1. The molecule has 5 nitrogen and oxygen atoms in total. The summed E-state index contributed by atoms with van der Waals surface area (Å²) in [7, 11) is 0. The van der Waals surface area contributed by atoms with Crippen LogP contribution in [0.15, 0.2) is 28.8 Å². The minimum absolute atomic E-state index is 0.0240. The molecule has 1 aromatic carbocycles. The van der Waals surface area contributed by atoms with Crippen molar-refractivity contribution in [1.82, 2.24) is 10.1 Å². The minimum atomic E-state index is -1.36. The number of aliphatic carboxylic acids is 1. The van der Waals surface area contributed by atoms with E-state index in [0.29, 0.717) is 27.0 Å². The molecule has 1 N–H and O–H groups in total. The lowest BCUT2D eigenvalue weighted by Crippen LogP contribution is -2.67. The molecule has 2 aromatic rings. The Kier molecular flexibility index (Phi) is 4.15. The maximum absolute atomic E-state index is 12.9. The summed E-state index contributed by atoms with van der Waals surface area (Å²) in [5, 5.41) is 15.4. The summed E-state index contributed by atoms with van der Waals surface area (Å²) in [5.41, 5.74) is 0.482. The molecule has 0 radical (unpaired) electrons. The molecule has 0 amide bonds. The molecule has 2 aliphatic rings. The number of aromatic nitrogens is 1. The number of hydrogen-bond donors (Lipinski definition) is 1. The van der Waals surface area contributed by atoms with Crippen molar-refractivity contribution in [3.8, 4) is 11.3 Å². The quantitative estimate of drug-likeness (QED) is 0.718. The second-order valence-corrected chi connectivity index (χ2v) is 10.1. The number of thioether (sulfide) groups is 1. The van der Waals surface area contributed by atoms with Gasteiger partial charge in [-0.25, -0.2) is 4.79 Å². The van der Waals surface area contributed by atoms with Crippen LogP contribution in [0, 0.1) is 12.8 Å². The summed E-state index contributed by atoms with van der Waals surface area (Å²) in [4.78, 5) is 15.4. The molecule has 0 aliphatic carbocycles. The van der Waals surface area contributed by atoms with Gasteiger partial charge >= 0.3 is 5.97 Å². The number of halogens is 1. The normalized spacial score (nSPS) is 28.8. The largest absolute Gasteiger partial charge is 0.479 e. The van der Waals surface area contributed by atoms with Crippen LogP contribution < -0.4 is 0 Å². The molecule has 0 bridgehead atoms. The fourth-order valence-corrected chi connectivity index (χ4v) is 6.72. The molecule has 0 saturated carbocycles. The van der Waals surface area contributed by atoms with Crippen molar-refractivity contribution >= 4 is 46.5 Å². The Morgan fingerprint density at radius 1 is 1.37 bits per heavy atom. The predicted molar refractivity (Wildman–Crippen MR) is 110 cm³/mol. The Morgan fingerprint density at radius 2 is 2.00 bits per heavy atom. The third kappa shape index (κ3) is 2.28. The smallest absolute Gasteiger partial charge is 0.336 e. The fraction of sp³-hybridized carbons (Fsp3) is 0.421. The number of carboxylic acid groups (broad SMARTS) is 1. The van der Waals surface area contributed by atoms with E-state index in [1.54, 1.807) is 30.8 Å². The highest BCUT2D eigenvalue weighted by Crippen LogP contribution is 2.64. The summed E-state index contributed by atoms with van der Waals surface area (Å²) in [6, 6.07) is 7.15. The van der Waals surface area contributed by atoms with Crippen LogP contribution in [0.1, 0.15) is 32.1 Å². The van der Waals surface area contributed by atoms with E-state index in [1.807, 2.05) is 37.8 Å². The van der Waals surface area contributed by atoms with E-state index >= 15 is 0 Å². The highest BCUT2D eigenvalue weighted by atomic mass is 35.5. The third-order valence-corrected chi connectivity index (χ3v) is 8.17. The van der Waals surface area contributed by atoms with Crippen LogP contribution in [-0.4, -0.2) is 36.2 Å². The van der Waals surface area contributed by atoms with Crippen molar-refractivity contribution < 1.29 is 14.4 Å². The Balaban J connectivity index is 2.00. The van der Waals surface area contributed by atoms with E-state index in [4.69, 9.17) is 28.3 Å². The van der Waals surface area contributed by atoms with Crippen LogP contribution in [0.25, 0.3) is 11.3 Å². The minimum Gasteiger partial charge on any atom is -0.479 e. The Bertz CT molecular complexity index is 956. The molecule has 4 rings (SSSR count). The van der Waals surface area contributed by atoms with Gasteiger partial charge in [0, 0.05) is 16.5 Å². The number of rotatable bonds is 3. The zero-order chi connectivity index (χ0) is 19.7. The Labute approximate surface area is 172 Å². The molecule has 3 heterocycles. The van der Waals surface area contributed by atoms with Crippen molar-refractivity contribution in [2.75, 3.05) is 0 Å². The van der Waals surface area contributed by atoms with Crippen LogP contribution in [0.3, 0.4) is 0 Å². The van der Waals surface area contributed by atoms with Crippen LogP contribution in [0.4, 0.5) is 0 Å². The lowest BCUT2D eigenvalue weighted by Gasteiger charge is -2.51. The summed E-state index contributed by atoms with van der Waals surface area (Å²) in [6.45, 7) is 7.72. The van der Waals surface area contributed by atoms with E-state index in [2.05, 4.69) is 5.16 Å². The number of carboxylic acids is 1. The zero-order valence-electron chi connectivity index (χ0n) is 15.3. The monoisotopic (exact) mass is 422 g/mol. The second-order valence-electron chi connectivity index (χ2n) is 7.50. The number of fused-ring (bicyclic) bond motifs is 1. The molecule has 0 unspecified atom stereocenters. The molecule has 0 spiro atoms.